The van der Waals surface area contributed by atoms with Crippen LogP contribution in [0.1, 0.15) is 6.92 Å². The van der Waals surface area contributed by atoms with E-state index in [0.717, 1.165) is 12.1 Å². The molecule has 1 aromatic heterocycles. The molecule has 0 spiro atoms. The first kappa shape index (κ1) is 12.2. The van der Waals surface area contributed by atoms with Gasteiger partial charge in [-0.1, -0.05) is 0 Å². The third-order valence-electron chi connectivity index (χ3n) is 2.08. The molecular weight excluding hydrogens is 240 g/mol. The highest BCUT2D eigenvalue weighted by molar-refractivity contribution is 5.35. The highest BCUT2D eigenvalue weighted by atomic mass is 19.2. The summed E-state index contributed by atoms with van der Waals surface area (Å²) >= 11 is 0. The summed E-state index contributed by atoms with van der Waals surface area (Å²) in [5.41, 5.74) is 0. The van der Waals surface area contributed by atoms with E-state index in [-0.39, 0.29) is 11.6 Å². The van der Waals surface area contributed by atoms with Gasteiger partial charge in [0.05, 0.1) is 12.4 Å². The number of hydrogen-bond donors (Lipinski definition) is 1. The molecule has 0 radical (unpaired) electrons. The van der Waals surface area contributed by atoms with Crippen LogP contribution in [0.2, 0.25) is 0 Å². The highest BCUT2D eigenvalue weighted by Crippen LogP contribution is 2.21. The van der Waals surface area contributed by atoms with Crippen molar-refractivity contribution in [2.45, 2.75) is 6.92 Å². The number of hydrogen-bond acceptors (Lipinski definition) is 4. The first-order valence-electron chi connectivity index (χ1n) is 5.38. The minimum atomic E-state index is -0.969. The number of rotatable bonds is 4. The summed E-state index contributed by atoms with van der Waals surface area (Å²) in [6.45, 7) is 2.62. The molecule has 0 unspecified atom stereocenters. The van der Waals surface area contributed by atoms with E-state index in [1.54, 1.807) is 6.20 Å². The van der Waals surface area contributed by atoms with Gasteiger partial charge in [-0.15, -0.1) is 0 Å². The van der Waals surface area contributed by atoms with Crippen LogP contribution in [0.5, 0.6) is 11.6 Å². The Morgan fingerprint density at radius 2 is 2.06 bits per heavy atom. The molecule has 1 heterocycles. The zero-order valence-electron chi connectivity index (χ0n) is 9.65. The van der Waals surface area contributed by atoms with Crippen LogP contribution in [0.25, 0.3) is 0 Å². The Hall–Kier alpha value is -2.24. The van der Waals surface area contributed by atoms with Crippen molar-refractivity contribution >= 4 is 5.82 Å². The topological polar surface area (TPSA) is 47.0 Å². The lowest BCUT2D eigenvalue weighted by molar-refractivity contribution is 0.446. The number of ether oxygens (including phenoxy) is 1. The van der Waals surface area contributed by atoms with Crippen LogP contribution in [0.3, 0.4) is 0 Å². The maximum atomic E-state index is 13.0. The van der Waals surface area contributed by atoms with Crippen molar-refractivity contribution in [1.29, 1.82) is 0 Å². The van der Waals surface area contributed by atoms with E-state index in [0.29, 0.717) is 12.4 Å². The highest BCUT2D eigenvalue weighted by Gasteiger charge is 2.05. The molecule has 1 aromatic carbocycles. The molecule has 0 amide bonds. The Labute approximate surface area is 103 Å². The van der Waals surface area contributed by atoms with Crippen LogP contribution in [-0.2, 0) is 0 Å². The van der Waals surface area contributed by atoms with Gasteiger partial charge in [0.1, 0.15) is 11.6 Å². The van der Waals surface area contributed by atoms with Gasteiger partial charge >= 0.3 is 0 Å². The molecule has 0 saturated heterocycles. The first-order valence-corrected chi connectivity index (χ1v) is 5.38. The molecule has 6 heteroatoms. The minimum Gasteiger partial charge on any atom is -0.437 e. The lowest BCUT2D eigenvalue weighted by Gasteiger charge is -2.06. The van der Waals surface area contributed by atoms with Crippen molar-refractivity contribution in [2.75, 3.05) is 11.9 Å². The second kappa shape index (κ2) is 5.39. The number of halogens is 2. The number of benzene rings is 1. The number of nitrogens with zero attached hydrogens (tertiary/aromatic N) is 2. The summed E-state index contributed by atoms with van der Waals surface area (Å²) in [4.78, 5) is 8.02. The van der Waals surface area contributed by atoms with Crippen LogP contribution >= 0.6 is 0 Å². The van der Waals surface area contributed by atoms with Crippen LogP contribution < -0.4 is 10.1 Å². The molecule has 18 heavy (non-hydrogen) atoms. The first-order chi connectivity index (χ1) is 8.69. The molecule has 94 valence electrons. The van der Waals surface area contributed by atoms with E-state index in [9.17, 15) is 8.78 Å². The van der Waals surface area contributed by atoms with Gasteiger partial charge in [0, 0.05) is 12.6 Å². The smallest absolute Gasteiger partial charge is 0.239 e. The molecule has 0 bridgehead atoms. The molecular formula is C12H11F2N3O. The average molecular weight is 251 g/mol. The van der Waals surface area contributed by atoms with Crippen LogP contribution in [0, 0.1) is 11.6 Å². The second-order valence-electron chi connectivity index (χ2n) is 3.45. The predicted octanol–water partition coefficient (Wildman–Crippen LogP) is 2.98. The standard InChI is InChI=1S/C12H11F2N3O/c1-2-16-11-6-15-7-12(17-11)18-8-3-4-9(13)10(14)5-8/h3-7H,2H2,1H3,(H,16,17). The summed E-state index contributed by atoms with van der Waals surface area (Å²) in [6, 6.07) is 3.27. The predicted molar refractivity (Wildman–Crippen MR) is 62.6 cm³/mol. The van der Waals surface area contributed by atoms with Gasteiger partial charge < -0.3 is 10.1 Å². The van der Waals surface area contributed by atoms with Crippen LogP contribution in [-0.4, -0.2) is 16.5 Å². The van der Waals surface area contributed by atoms with Crippen molar-refractivity contribution in [3.05, 3.63) is 42.2 Å². The van der Waals surface area contributed by atoms with Gasteiger partial charge in [0.15, 0.2) is 11.6 Å². The minimum absolute atomic E-state index is 0.164. The quantitative estimate of drug-likeness (QED) is 0.907. The van der Waals surface area contributed by atoms with Gasteiger partial charge in [0.2, 0.25) is 5.88 Å². The summed E-state index contributed by atoms with van der Waals surface area (Å²) in [7, 11) is 0. The fraction of sp³-hybridized carbons (Fsp3) is 0.167. The number of aromatic nitrogens is 2. The SMILES string of the molecule is CCNc1cncc(Oc2ccc(F)c(F)c2)n1. The van der Waals surface area contributed by atoms with Crippen LogP contribution in [0.15, 0.2) is 30.6 Å². The van der Waals surface area contributed by atoms with Gasteiger partial charge in [-0.3, -0.25) is 4.98 Å². The molecule has 4 nitrogen and oxygen atoms in total. The summed E-state index contributed by atoms with van der Waals surface area (Å²) < 4.78 is 31.0. The lowest BCUT2D eigenvalue weighted by atomic mass is 10.3. The molecule has 0 aliphatic heterocycles. The van der Waals surface area contributed by atoms with Crippen molar-refractivity contribution in [1.82, 2.24) is 9.97 Å². The fourth-order valence-electron chi connectivity index (χ4n) is 1.32. The van der Waals surface area contributed by atoms with E-state index in [4.69, 9.17) is 4.74 Å². The zero-order chi connectivity index (χ0) is 13.0. The maximum Gasteiger partial charge on any atom is 0.239 e. The van der Waals surface area contributed by atoms with E-state index >= 15 is 0 Å². The molecule has 2 rings (SSSR count). The van der Waals surface area contributed by atoms with Crippen LogP contribution in [0.4, 0.5) is 14.6 Å². The summed E-state index contributed by atoms with van der Waals surface area (Å²) in [5, 5.41) is 2.97. The van der Waals surface area contributed by atoms with Gasteiger partial charge in [0.25, 0.3) is 0 Å². The molecule has 0 aliphatic carbocycles. The molecule has 0 fully saturated rings. The average Bonchev–Trinajstić information content (AvgIpc) is 2.35. The Bertz CT molecular complexity index is 549. The maximum absolute atomic E-state index is 13.0. The van der Waals surface area contributed by atoms with Crippen molar-refractivity contribution in [3.8, 4) is 11.6 Å². The third-order valence-corrected chi connectivity index (χ3v) is 2.08. The normalized spacial score (nSPS) is 10.2. The number of nitrogens with one attached hydrogen (secondary N) is 1. The Kier molecular flexibility index (Phi) is 3.66. The molecule has 1 N–H and O–H groups in total. The van der Waals surface area contributed by atoms with E-state index < -0.39 is 11.6 Å². The molecule has 0 atom stereocenters. The van der Waals surface area contributed by atoms with Gasteiger partial charge in [-0.25, -0.2) is 8.78 Å². The Balaban J connectivity index is 2.17. The summed E-state index contributed by atoms with van der Waals surface area (Å²) in [6.07, 6.45) is 2.93. The van der Waals surface area contributed by atoms with Crippen molar-refractivity contribution in [2.24, 2.45) is 0 Å². The van der Waals surface area contributed by atoms with E-state index in [2.05, 4.69) is 15.3 Å². The third kappa shape index (κ3) is 2.91. The molecule has 2 aromatic rings. The van der Waals surface area contributed by atoms with E-state index in [1.807, 2.05) is 6.92 Å². The van der Waals surface area contributed by atoms with Crippen molar-refractivity contribution in [3.63, 3.8) is 0 Å². The summed E-state index contributed by atoms with van der Waals surface area (Å²) in [5.74, 6) is -0.966. The lowest BCUT2D eigenvalue weighted by Crippen LogP contribution is -2.00. The Morgan fingerprint density at radius 3 is 2.78 bits per heavy atom. The monoisotopic (exact) mass is 251 g/mol. The Morgan fingerprint density at radius 1 is 1.22 bits per heavy atom. The number of anilines is 1. The van der Waals surface area contributed by atoms with Gasteiger partial charge in [-0.05, 0) is 19.1 Å². The largest absolute Gasteiger partial charge is 0.437 e. The second-order valence-corrected chi connectivity index (χ2v) is 3.45. The zero-order valence-corrected chi connectivity index (χ0v) is 9.65. The van der Waals surface area contributed by atoms with Gasteiger partial charge in [-0.2, -0.15) is 4.98 Å². The molecule has 0 saturated carbocycles. The van der Waals surface area contributed by atoms with Crippen molar-refractivity contribution < 1.29 is 13.5 Å². The molecule has 0 aliphatic rings. The van der Waals surface area contributed by atoms with E-state index in [1.165, 1.54) is 12.3 Å². The fourth-order valence-corrected chi connectivity index (χ4v) is 1.32.